The van der Waals surface area contributed by atoms with Crippen molar-refractivity contribution in [1.82, 2.24) is 4.98 Å². The molecule has 7 nitrogen and oxygen atoms in total. The zero-order valence-corrected chi connectivity index (χ0v) is 11.6. The van der Waals surface area contributed by atoms with Crippen molar-refractivity contribution < 1.29 is 9.72 Å². The van der Waals surface area contributed by atoms with E-state index >= 15 is 0 Å². The largest absolute Gasteiger partial charge is 0.373 e. The molecule has 0 aliphatic heterocycles. The van der Waals surface area contributed by atoms with Crippen molar-refractivity contribution in [2.24, 2.45) is 0 Å². The van der Waals surface area contributed by atoms with E-state index in [1.807, 2.05) is 0 Å². The first-order valence-electron chi connectivity index (χ1n) is 6.22. The standard InChI is InChI=1S/C14H14N4O3/c1-9-7-10(8-13(15-2)16-9)14(19)17-11-3-5-12(6-4-11)18(20)21/h3-8H,1-2H3,(H,15,16)(H,17,19). The number of carbonyl (C=O) groups is 1. The number of nitro groups is 1. The smallest absolute Gasteiger partial charge is 0.269 e. The minimum atomic E-state index is -0.489. The van der Waals surface area contributed by atoms with Gasteiger partial charge in [0, 0.05) is 36.1 Å². The molecule has 0 aliphatic carbocycles. The third-order valence-electron chi connectivity index (χ3n) is 2.81. The van der Waals surface area contributed by atoms with E-state index in [0.29, 0.717) is 17.1 Å². The molecule has 108 valence electrons. The maximum absolute atomic E-state index is 12.2. The number of aryl methyl sites for hydroxylation is 1. The summed E-state index contributed by atoms with van der Waals surface area (Å²) in [5, 5.41) is 16.1. The van der Waals surface area contributed by atoms with Crippen molar-refractivity contribution in [3.63, 3.8) is 0 Å². The van der Waals surface area contributed by atoms with Gasteiger partial charge < -0.3 is 10.6 Å². The van der Waals surface area contributed by atoms with Crippen LogP contribution in [0.3, 0.4) is 0 Å². The van der Waals surface area contributed by atoms with E-state index in [9.17, 15) is 14.9 Å². The first-order valence-corrected chi connectivity index (χ1v) is 6.22. The molecule has 1 aromatic heterocycles. The lowest BCUT2D eigenvalue weighted by atomic mass is 10.2. The first-order chi connectivity index (χ1) is 9.99. The summed E-state index contributed by atoms with van der Waals surface area (Å²) in [7, 11) is 1.72. The molecule has 2 N–H and O–H groups in total. The Morgan fingerprint density at radius 3 is 2.48 bits per heavy atom. The van der Waals surface area contributed by atoms with Crippen LogP contribution in [0.5, 0.6) is 0 Å². The molecule has 0 atom stereocenters. The van der Waals surface area contributed by atoms with Crippen LogP contribution in [0.15, 0.2) is 36.4 Å². The Kier molecular flexibility index (Phi) is 4.13. The number of carbonyl (C=O) groups excluding carboxylic acids is 1. The summed E-state index contributed by atoms with van der Waals surface area (Å²) in [5.41, 5.74) is 1.65. The van der Waals surface area contributed by atoms with Crippen molar-refractivity contribution in [2.75, 3.05) is 17.7 Å². The first kappa shape index (κ1) is 14.4. The van der Waals surface area contributed by atoms with Crippen LogP contribution in [0.2, 0.25) is 0 Å². The average molecular weight is 286 g/mol. The van der Waals surface area contributed by atoms with Crippen LogP contribution < -0.4 is 10.6 Å². The van der Waals surface area contributed by atoms with Gasteiger partial charge in [0.05, 0.1) is 4.92 Å². The van der Waals surface area contributed by atoms with Gasteiger partial charge in [-0.3, -0.25) is 14.9 Å². The normalized spacial score (nSPS) is 10.0. The number of nitro benzene ring substituents is 1. The van der Waals surface area contributed by atoms with Gasteiger partial charge in [-0.2, -0.15) is 0 Å². The fraction of sp³-hybridized carbons (Fsp3) is 0.143. The van der Waals surface area contributed by atoms with Gasteiger partial charge >= 0.3 is 0 Å². The number of hydrogen-bond acceptors (Lipinski definition) is 5. The van der Waals surface area contributed by atoms with E-state index in [2.05, 4.69) is 15.6 Å². The summed E-state index contributed by atoms with van der Waals surface area (Å²) >= 11 is 0. The minimum absolute atomic E-state index is 0.0229. The maximum Gasteiger partial charge on any atom is 0.269 e. The van der Waals surface area contributed by atoms with Gasteiger partial charge in [0.1, 0.15) is 5.82 Å². The number of nitrogens with one attached hydrogen (secondary N) is 2. The van der Waals surface area contributed by atoms with Crippen LogP contribution in [0.4, 0.5) is 17.2 Å². The van der Waals surface area contributed by atoms with Crippen molar-refractivity contribution >= 4 is 23.1 Å². The number of hydrogen-bond donors (Lipinski definition) is 2. The summed E-state index contributed by atoms with van der Waals surface area (Å²) in [6.45, 7) is 1.80. The third-order valence-corrected chi connectivity index (χ3v) is 2.81. The highest BCUT2D eigenvalue weighted by Gasteiger charge is 2.10. The number of pyridine rings is 1. The van der Waals surface area contributed by atoms with Crippen LogP contribution in [-0.4, -0.2) is 22.9 Å². The fourth-order valence-electron chi connectivity index (χ4n) is 1.80. The number of benzene rings is 1. The molecule has 1 amide bonds. The molecule has 1 heterocycles. The van der Waals surface area contributed by atoms with E-state index < -0.39 is 4.92 Å². The third kappa shape index (κ3) is 3.53. The fourth-order valence-corrected chi connectivity index (χ4v) is 1.80. The highest BCUT2D eigenvalue weighted by molar-refractivity contribution is 6.04. The quantitative estimate of drug-likeness (QED) is 0.665. The highest BCUT2D eigenvalue weighted by Crippen LogP contribution is 2.17. The zero-order chi connectivity index (χ0) is 15.4. The van der Waals surface area contributed by atoms with Crippen molar-refractivity contribution in [3.8, 4) is 0 Å². The lowest BCUT2D eigenvalue weighted by molar-refractivity contribution is -0.384. The predicted molar refractivity (Wildman–Crippen MR) is 79.6 cm³/mol. The summed E-state index contributed by atoms with van der Waals surface area (Å²) in [6, 6.07) is 8.96. The summed E-state index contributed by atoms with van der Waals surface area (Å²) < 4.78 is 0. The molecular weight excluding hydrogens is 272 g/mol. The average Bonchev–Trinajstić information content (AvgIpc) is 2.47. The van der Waals surface area contributed by atoms with E-state index in [4.69, 9.17) is 0 Å². The van der Waals surface area contributed by atoms with E-state index in [1.165, 1.54) is 24.3 Å². The molecule has 2 rings (SSSR count). The molecule has 0 saturated heterocycles. The lowest BCUT2D eigenvalue weighted by Crippen LogP contribution is -2.13. The van der Waals surface area contributed by atoms with Crippen molar-refractivity contribution in [2.45, 2.75) is 6.92 Å². The maximum atomic E-state index is 12.2. The number of anilines is 2. The topological polar surface area (TPSA) is 97.2 Å². The van der Waals surface area contributed by atoms with Gasteiger partial charge in [-0.25, -0.2) is 4.98 Å². The van der Waals surface area contributed by atoms with Gasteiger partial charge in [-0.05, 0) is 31.2 Å². The van der Waals surface area contributed by atoms with Crippen LogP contribution in [0, 0.1) is 17.0 Å². The zero-order valence-electron chi connectivity index (χ0n) is 11.6. The Bertz CT molecular complexity index is 683. The molecule has 0 aliphatic rings. The van der Waals surface area contributed by atoms with Gasteiger partial charge in [0.15, 0.2) is 0 Å². The van der Waals surface area contributed by atoms with Crippen molar-refractivity contribution in [3.05, 3.63) is 57.8 Å². The van der Waals surface area contributed by atoms with Crippen molar-refractivity contribution in [1.29, 1.82) is 0 Å². The second kappa shape index (κ2) is 6.00. The molecule has 0 radical (unpaired) electrons. The molecule has 2 aromatic rings. The molecule has 0 saturated carbocycles. The monoisotopic (exact) mass is 286 g/mol. The molecule has 7 heteroatoms. The second-order valence-corrected chi connectivity index (χ2v) is 4.39. The molecule has 0 bridgehead atoms. The van der Waals surface area contributed by atoms with Gasteiger partial charge in [-0.15, -0.1) is 0 Å². The summed E-state index contributed by atoms with van der Waals surface area (Å²) in [4.78, 5) is 26.4. The molecule has 1 aromatic carbocycles. The molecular formula is C14H14N4O3. The lowest BCUT2D eigenvalue weighted by Gasteiger charge is -2.07. The molecule has 0 unspecified atom stereocenters. The summed E-state index contributed by atoms with van der Waals surface area (Å²) in [5.74, 6) is 0.301. The summed E-state index contributed by atoms with van der Waals surface area (Å²) in [6.07, 6.45) is 0. The predicted octanol–water partition coefficient (Wildman–Crippen LogP) is 2.59. The van der Waals surface area contributed by atoms with Crippen LogP contribution in [-0.2, 0) is 0 Å². The Hall–Kier alpha value is -2.96. The van der Waals surface area contributed by atoms with E-state index in [1.54, 1.807) is 26.1 Å². The molecule has 0 fully saturated rings. The Labute approximate surface area is 121 Å². The Morgan fingerprint density at radius 2 is 1.90 bits per heavy atom. The Balaban J connectivity index is 2.17. The Morgan fingerprint density at radius 1 is 1.24 bits per heavy atom. The highest BCUT2D eigenvalue weighted by atomic mass is 16.6. The number of rotatable bonds is 4. The number of non-ortho nitro benzene ring substituents is 1. The van der Waals surface area contributed by atoms with E-state index in [-0.39, 0.29) is 11.6 Å². The van der Waals surface area contributed by atoms with Gasteiger partial charge in [0.25, 0.3) is 11.6 Å². The van der Waals surface area contributed by atoms with Gasteiger partial charge in [0.2, 0.25) is 0 Å². The van der Waals surface area contributed by atoms with Crippen LogP contribution >= 0.6 is 0 Å². The number of amides is 1. The SMILES string of the molecule is CNc1cc(C(=O)Nc2ccc([N+](=O)[O-])cc2)cc(C)n1. The van der Waals surface area contributed by atoms with Crippen LogP contribution in [0.1, 0.15) is 16.1 Å². The van der Waals surface area contributed by atoms with Gasteiger partial charge in [-0.1, -0.05) is 0 Å². The van der Waals surface area contributed by atoms with E-state index in [0.717, 1.165) is 5.69 Å². The number of aromatic nitrogens is 1. The molecule has 21 heavy (non-hydrogen) atoms. The van der Waals surface area contributed by atoms with Crippen LogP contribution in [0.25, 0.3) is 0 Å². The minimum Gasteiger partial charge on any atom is -0.373 e. The molecule has 0 spiro atoms. The second-order valence-electron chi connectivity index (χ2n) is 4.39. The number of nitrogens with zero attached hydrogens (tertiary/aromatic N) is 2.